The number of nitrogens with zero attached hydrogens (tertiary/aromatic N) is 1. The summed E-state index contributed by atoms with van der Waals surface area (Å²) in [6.07, 6.45) is 2.33. The van der Waals surface area contributed by atoms with Crippen molar-refractivity contribution < 1.29 is 9.53 Å². The number of nitrogens with one attached hydrogen (secondary N) is 1. The van der Waals surface area contributed by atoms with Gasteiger partial charge in [-0.3, -0.25) is 4.79 Å². The van der Waals surface area contributed by atoms with E-state index in [0.29, 0.717) is 6.54 Å². The van der Waals surface area contributed by atoms with Crippen LogP contribution in [0.4, 0.5) is 0 Å². The zero-order chi connectivity index (χ0) is 14.2. The molecule has 1 atom stereocenters. The zero-order valence-corrected chi connectivity index (χ0v) is 12.6. The Morgan fingerprint density at radius 2 is 2.43 bits per heavy atom. The average Bonchev–Trinajstić information content (AvgIpc) is 3.15. The Morgan fingerprint density at radius 1 is 1.48 bits per heavy atom. The van der Waals surface area contributed by atoms with Crippen molar-refractivity contribution in [3.05, 3.63) is 30.0 Å². The molecule has 110 valence electrons. The van der Waals surface area contributed by atoms with Gasteiger partial charge in [0, 0.05) is 35.7 Å². The average molecular weight is 302 g/mol. The normalized spacial score (nSPS) is 20.9. The van der Waals surface area contributed by atoms with Crippen LogP contribution in [-0.2, 0) is 11.3 Å². The second-order valence-electron chi connectivity index (χ2n) is 5.57. The molecule has 1 saturated heterocycles. The van der Waals surface area contributed by atoms with Crippen molar-refractivity contribution in [1.29, 1.82) is 0 Å². The quantitative estimate of drug-likeness (QED) is 0.948. The molecule has 4 nitrogen and oxygen atoms in total. The first-order chi connectivity index (χ1) is 10.3. The molecule has 0 spiro atoms. The van der Waals surface area contributed by atoms with Crippen molar-refractivity contribution in [3.63, 3.8) is 0 Å². The molecular weight excluding hydrogens is 284 g/mol. The van der Waals surface area contributed by atoms with Crippen LogP contribution >= 0.6 is 11.8 Å². The van der Waals surface area contributed by atoms with Gasteiger partial charge in [0.1, 0.15) is 5.69 Å². The minimum atomic E-state index is 0.0135. The highest BCUT2D eigenvalue weighted by atomic mass is 32.2. The van der Waals surface area contributed by atoms with Gasteiger partial charge in [-0.15, -0.1) is 11.8 Å². The van der Waals surface area contributed by atoms with Crippen LogP contribution in [0.2, 0.25) is 0 Å². The predicted molar refractivity (Wildman–Crippen MR) is 84.0 cm³/mol. The molecule has 0 saturated carbocycles. The second kappa shape index (κ2) is 5.39. The summed E-state index contributed by atoms with van der Waals surface area (Å²) in [4.78, 5) is 13.8. The summed E-state index contributed by atoms with van der Waals surface area (Å²) in [6.45, 7) is 2.33. The molecule has 5 heteroatoms. The van der Waals surface area contributed by atoms with Gasteiger partial charge in [0.05, 0.1) is 11.6 Å². The van der Waals surface area contributed by atoms with Crippen LogP contribution < -0.4 is 5.32 Å². The van der Waals surface area contributed by atoms with Crippen molar-refractivity contribution in [2.75, 3.05) is 18.9 Å². The van der Waals surface area contributed by atoms with E-state index in [1.165, 1.54) is 10.4 Å². The lowest BCUT2D eigenvalue weighted by molar-refractivity contribution is 0.0850. The van der Waals surface area contributed by atoms with Crippen LogP contribution in [0.25, 0.3) is 10.9 Å². The Balaban J connectivity index is 1.61. The molecule has 21 heavy (non-hydrogen) atoms. The molecule has 1 N–H and O–H groups in total. The third kappa shape index (κ3) is 2.34. The number of amides is 1. The first-order valence-corrected chi connectivity index (χ1v) is 8.46. The molecular formula is C16H18N2O2S. The van der Waals surface area contributed by atoms with Gasteiger partial charge in [-0.1, -0.05) is 12.1 Å². The monoisotopic (exact) mass is 302 g/mol. The first kappa shape index (κ1) is 13.2. The lowest BCUT2D eigenvalue weighted by Gasteiger charge is -2.17. The van der Waals surface area contributed by atoms with E-state index in [0.717, 1.165) is 42.8 Å². The summed E-state index contributed by atoms with van der Waals surface area (Å²) in [5, 5.41) is 4.18. The standard InChI is InChI=1S/C16H18N2O2S/c19-16(17-10-12-4-2-7-20-12)13-9-11-3-1-5-14-15(11)18(13)6-8-21-14/h1,3,5,9,12H,2,4,6-8,10H2,(H,17,19)/t12-/m0/s1. The van der Waals surface area contributed by atoms with Crippen LogP contribution in [0.5, 0.6) is 0 Å². The number of ether oxygens (including phenoxy) is 1. The molecule has 2 aromatic rings. The van der Waals surface area contributed by atoms with Crippen LogP contribution in [0, 0.1) is 0 Å². The molecule has 0 bridgehead atoms. The lowest BCUT2D eigenvalue weighted by Crippen LogP contribution is -2.33. The largest absolute Gasteiger partial charge is 0.376 e. The Hall–Kier alpha value is -1.46. The molecule has 0 unspecified atom stereocenters. The molecule has 4 rings (SSSR count). The van der Waals surface area contributed by atoms with Gasteiger partial charge in [0.25, 0.3) is 5.91 Å². The van der Waals surface area contributed by atoms with E-state index in [9.17, 15) is 4.79 Å². The fraction of sp³-hybridized carbons (Fsp3) is 0.438. The van der Waals surface area contributed by atoms with Crippen LogP contribution in [0.15, 0.2) is 29.2 Å². The topological polar surface area (TPSA) is 43.3 Å². The Kier molecular flexibility index (Phi) is 3.39. The Labute approximate surface area is 127 Å². The highest BCUT2D eigenvalue weighted by Gasteiger charge is 2.22. The fourth-order valence-electron chi connectivity index (χ4n) is 3.18. The Morgan fingerprint density at radius 3 is 3.29 bits per heavy atom. The molecule has 1 fully saturated rings. The van der Waals surface area contributed by atoms with Crippen molar-refractivity contribution in [2.45, 2.75) is 30.4 Å². The van der Waals surface area contributed by atoms with Gasteiger partial charge in [-0.2, -0.15) is 0 Å². The number of aromatic nitrogens is 1. The summed E-state index contributed by atoms with van der Waals surface area (Å²) < 4.78 is 7.72. The number of aryl methyl sites for hydroxylation is 1. The molecule has 1 aromatic carbocycles. The molecule has 2 aliphatic rings. The number of hydrogen-bond acceptors (Lipinski definition) is 3. The van der Waals surface area contributed by atoms with Crippen LogP contribution in [0.1, 0.15) is 23.3 Å². The third-order valence-electron chi connectivity index (χ3n) is 4.20. The van der Waals surface area contributed by atoms with E-state index in [4.69, 9.17) is 4.74 Å². The van der Waals surface area contributed by atoms with Crippen molar-refractivity contribution in [3.8, 4) is 0 Å². The van der Waals surface area contributed by atoms with E-state index in [1.54, 1.807) is 0 Å². The molecule has 2 aliphatic heterocycles. The van der Waals surface area contributed by atoms with E-state index in [2.05, 4.69) is 28.1 Å². The van der Waals surface area contributed by atoms with Gasteiger partial charge < -0.3 is 14.6 Å². The summed E-state index contributed by atoms with van der Waals surface area (Å²) >= 11 is 1.87. The smallest absolute Gasteiger partial charge is 0.268 e. The number of thioether (sulfide) groups is 1. The first-order valence-electron chi connectivity index (χ1n) is 7.48. The number of carbonyl (C=O) groups is 1. The number of carbonyl (C=O) groups excluding carboxylic acids is 1. The minimum absolute atomic E-state index is 0.0135. The van der Waals surface area contributed by atoms with E-state index >= 15 is 0 Å². The zero-order valence-electron chi connectivity index (χ0n) is 11.8. The minimum Gasteiger partial charge on any atom is -0.376 e. The van der Waals surface area contributed by atoms with Gasteiger partial charge >= 0.3 is 0 Å². The maximum absolute atomic E-state index is 12.5. The molecule has 0 radical (unpaired) electrons. The number of hydrogen-bond donors (Lipinski definition) is 1. The number of para-hydroxylation sites is 1. The Bertz CT molecular complexity index is 689. The van der Waals surface area contributed by atoms with E-state index in [1.807, 2.05) is 17.8 Å². The number of benzene rings is 1. The highest BCUT2D eigenvalue weighted by molar-refractivity contribution is 7.99. The lowest BCUT2D eigenvalue weighted by atomic mass is 10.2. The summed E-state index contributed by atoms with van der Waals surface area (Å²) in [6, 6.07) is 8.29. The van der Waals surface area contributed by atoms with E-state index in [-0.39, 0.29) is 12.0 Å². The van der Waals surface area contributed by atoms with Crippen molar-refractivity contribution in [1.82, 2.24) is 9.88 Å². The fourth-order valence-corrected chi connectivity index (χ4v) is 4.21. The highest BCUT2D eigenvalue weighted by Crippen LogP contribution is 2.34. The van der Waals surface area contributed by atoms with Gasteiger partial charge in [-0.05, 0) is 25.0 Å². The van der Waals surface area contributed by atoms with Crippen molar-refractivity contribution in [2.24, 2.45) is 0 Å². The van der Waals surface area contributed by atoms with E-state index < -0.39 is 0 Å². The van der Waals surface area contributed by atoms with Crippen LogP contribution in [0.3, 0.4) is 0 Å². The molecule has 1 amide bonds. The maximum Gasteiger partial charge on any atom is 0.268 e. The van der Waals surface area contributed by atoms with Crippen molar-refractivity contribution >= 4 is 28.6 Å². The van der Waals surface area contributed by atoms with Gasteiger partial charge in [-0.25, -0.2) is 0 Å². The number of rotatable bonds is 3. The summed E-state index contributed by atoms with van der Waals surface area (Å²) in [7, 11) is 0. The van der Waals surface area contributed by atoms with Gasteiger partial charge in [0.2, 0.25) is 0 Å². The third-order valence-corrected chi connectivity index (χ3v) is 5.23. The predicted octanol–water partition coefficient (Wildman–Crippen LogP) is 2.66. The SMILES string of the molecule is O=C(NC[C@@H]1CCCO1)c1cc2cccc3c2n1CCS3. The second-order valence-corrected chi connectivity index (χ2v) is 6.71. The molecule has 3 heterocycles. The summed E-state index contributed by atoms with van der Waals surface area (Å²) in [5.74, 6) is 1.03. The maximum atomic E-state index is 12.5. The summed E-state index contributed by atoms with van der Waals surface area (Å²) in [5.41, 5.74) is 1.98. The molecule has 0 aliphatic carbocycles. The van der Waals surface area contributed by atoms with Gasteiger partial charge in [0.15, 0.2) is 0 Å². The molecule has 1 aromatic heterocycles. The van der Waals surface area contributed by atoms with Crippen LogP contribution in [-0.4, -0.2) is 35.5 Å².